The quantitative estimate of drug-likeness (QED) is 0.266. The average Bonchev–Trinajstić information content (AvgIpc) is 3.39. The number of benzene rings is 1. The summed E-state index contributed by atoms with van der Waals surface area (Å²) in [6.07, 6.45) is 2.36. The Kier molecular flexibility index (Phi) is 9.38. The normalized spacial score (nSPS) is 14.9. The highest BCUT2D eigenvalue weighted by atomic mass is 127. The molecule has 6 nitrogen and oxygen atoms in total. The van der Waals surface area contributed by atoms with Crippen LogP contribution in [0, 0.1) is 11.7 Å². The molecule has 0 radical (unpaired) electrons. The van der Waals surface area contributed by atoms with Crippen LogP contribution in [-0.2, 0) is 6.54 Å². The topological polar surface area (TPSA) is 71.7 Å². The van der Waals surface area contributed by atoms with Gasteiger partial charge in [-0.3, -0.25) is 0 Å². The molecule has 0 saturated heterocycles. The molecule has 1 aromatic heterocycles. The molecule has 1 saturated carbocycles. The predicted molar refractivity (Wildman–Crippen MR) is 127 cm³/mol. The van der Waals surface area contributed by atoms with Crippen molar-refractivity contribution in [2.24, 2.45) is 10.9 Å². The van der Waals surface area contributed by atoms with E-state index in [1.807, 2.05) is 26.0 Å². The fraction of sp³-hybridized carbons (Fsp3) is 0.545. The molecule has 8 heteroatoms. The fourth-order valence-electron chi connectivity index (χ4n) is 2.84. The van der Waals surface area contributed by atoms with Gasteiger partial charge in [-0.15, -0.1) is 24.0 Å². The molecule has 0 bridgehead atoms. The van der Waals surface area contributed by atoms with Gasteiger partial charge >= 0.3 is 0 Å². The maximum atomic E-state index is 14.4. The summed E-state index contributed by atoms with van der Waals surface area (Å²) >= 11 is 0. The Morgan fingerprint density at radius 2 is 2.07 bits per heavy atom. The summed E-state index contributed by atoms with van der Waals surface area (Å²) < 4.78 is 25.3. The molecule has 1 aliphatic carbocycles. The van der Waals surface area contributed by atoms with E-state index >= 15 is 0 Å². The minimum atomic E-state index is -0.332. The first kappa shape index (κ1) is 24.4. The number of nitrogens with zero attached hydrogens (tertiary/aromatic N) is 2. The summed E-state index contributed by atoms with van der Waals surface area (Å²) in [5.74, 6) is 2.24. The van der Waals surface area contributed by atoms with Crippen molar-refractivity contribution in [1.29, 1.82) is 0 Å². The van der Waals surface area contributed by atoms with Crippen LogP contribution in [0.4, 0.5) is 4.39 Å². The van der Waals surface area contributed by atoms with Crippen molar-refractivity contribution >= 4 is 29.9 Å². The van der Waals surface area contributed by atoms with E-state index in [2.05, 4.69) is 34.6 Å². The third-order valence-corrected chi connectivity index (χ3v) is 4.89. The highest BCUT2D eigenvalue weighted by molar-refractivity contribution is 14.0. The number of guanidine groups is 1. The lowest BCUT2D eigenvalue weighted by Crippen LogP contribution is -2.38. The molecule has 1 fully saturated rings. The van der Waals surface area contributed by atoms with Crippen molar-refractivity contribution in [3.63, 3.8) is 0 Å². The van der Waals surface area contributed by atoms with Gasteiger partial charge in [-0.2, -0.15) is 0 Å². The molecular weight excluding hydrogens is 498 g/mol. The number of hydrogen-bond donors (Lipinski definition) is 2. The lowest BCUT2D eigenvalue weighted by molar-refractivity contribution is 0.285. The summed E-state index contributed by atoms with van der Waals surface area (Å²) in [4.78, 5) is 4.56. The summed E-state index contributed by atoms with van der Waals surface area (Å²) in [6.45, 7) is 9.80. The van der Waals surface area contributed by atoms with E-state index in [0.29, 0.717) is 49.0 Å². The number of halogens is 2. The maximum Gasteiger partial charge on any atom is 0.192 e. The lowest BCUT2D eigenvalue weighted by atomic mass is 10.1. The first-order valence-electron chi connectivity index (χ1n) is 10.4. The van der Waals surface area contributed by atoms with Gasteiger partial charge in [0.1, 0.15) is 6.54 Å². The minimum absolute atomic E-state index is 0. The van der Waals surface area contributed by atoms with Gasteiger partial charge in [0.2, 0.25) is 0 Å². The number of hydrogen-bond acceptors (Lipinski definition) is 4. The van der Waals surface area contributed by atoms with E-state index in [1.165, 1.54) is 18.9 Å². The first-order valence-corrected chi connectivity index (χ1v) is 10.4. The van der Waals surface area contributed by atoms with E-state index in [-0.39, 0.29) is 35.8 Å². The SMILES string of the molecule is CCNC(=NCc1cc(C(C)C)no1)NC(C)c1ccc(OCC2CC2)c(F)c1.I. The number of ether oxygens (including phenoxy) is 1. The molecule has 30 heavy (non-hydrogen) atoms. The minimum Gasteiger partial charge on any atom is -0.490 e. The summed E-state index contributed by atoms with van der Waals surface area (Å²) in [6, 6.07) is 6.92. The van der Waals surface area contributed by atoms with Gasteiger partial charge in [0, 0.05) is 12.6 Å². The number of aliphatic imine (C=N–C) groups is 1. The van der Waals surface area contributed by atoms with Crippen molar-refractivity contribution < 1.29 is 13.7 Å². The molecule has 1 heterocycles. The molecule has 3 rings (SSSR count). The number of rotatable bonds is 9. The maximum absolute atomic E-state index is 14.4. The summed E-state index contributed by atoms with van der Waals surface area (Å²) in [5, 5.41) is 10.6. The van der Waals surface area contributed by atoms with Crippen molar-refractivity contribution in [2.45, 2.75) is 59.0 Å². The Morgan fingerprint density at radius 1 is 1.30 bits per heavy atom. The molecule has 1 atom stereocenters. The van der Waals surface area contributed by atoms with E-state index in [4.69, 9.17) is 9.26 Å². The standard InChI is InChI=1S/C22H31FN4O2.HI/c1-5-24-22(25-12-18-11-20(14(2)3)27-29-18)26-15(4)17-8-9-21(19(23)10-17)28-13-16-6-7-16;/h8-11,14-16H,5-7,12-13H2,1-4H3,(H2,24,25,26);1H. The van der Waals surface area contributed by atoms with Crippen molar-refractivity contribution in [2.75, 3.05) is 13.2 Å². The second-order valence-electron chi connectivity index (χ2n) is 7.88. The Hall–Kier alpha value is -1.84. The lowest BCUT2D eigenvalue weighted by Gasteiger charge is -2.18. The zero-order chi connectivity index (χ0) is 20.8. The Labute approximate surface area is 195 Å². The Bertz CT molecular complexity index is 836. The molecule has 0 spiro atoms. The van der Waals surface area contributed by atoms with Gasteiger partial charge in [-0.25, -0.2) is 9.38 Å². The Balaban J connectivity index is 0.00000320. The van der Waals surface area contributed by atoms with Crippen LogP contribution in [0.5, 0.6) is 5.75 Å². The molecule has 0 aliphatic heterocycles. The second-order valence-corrected chi connectivity index (χ2v) is 7.88. The Morgan fingerprint density at radius 3 is 2.67 bits per heavy atom. The van der Waals surface area contributed by atoms with Crippen molar-refractivity contribution in [1.82, 2.24) is 15.8 Å². The molecule has 0 amide bonds. The van der Waals surface area contributed by atoms with Crippen LogP contribution < -0.4 is 15.4 Å². The van der Waals surface area contributed by atoms with Gasteiger partial charge in [0.05, 0.1) is 18.3 Å². The molecule has 1 unspecified atom stereocenters. The van der Waals surface area contributed by atoms with Crippen LogP contribution in [0.2, 0.25) is 0 Å². The second kappa shape index (κ2) is 11.5. The van der Waals surface area contributed by atoms with Crippen LogP contribution in [0.3, 0.4) is 0 Å². The van der Waals surface area contributed by atoms with Crippen molar-refractivity contribution in [3.05, 3.63) is 47.1 Å². The summed E-state index contributed by atoms with van der Waals surface area (Å²) in [5.41, 5.74) is 1.75. The van der Waals surface area contributed by atoms with Gasteiger partial charge < -0.3 is 19.9 Å². The van der Waals surface area contributed by atoms with Crippen LogP contribution in [-0.4, -0.2) is 24.3 Å². The molecular formula is C22H32FIN4O2. The van der Waals surface area contributed by atoms with Crippen LogP contribution in [0.25, 0.3) is 0 Å². The van der Waals surface area contributed by atoms with Gasteiger partial charge in [-0.05, 0) is 56.2 Å². The third-order valence-electron chi connectivity index (χ3n) is 4.89. The first-order chi connectivity index (χ1) is 14.0. The van der Waals surface area contributed by atoms with Crippen LogP contribution in [0.1, 0.15) is 69.5 Å². The van der Waals surface area contributed by atoms with Gasteiger partial charge in [0.25, 0.3) is 0 Å². The zero-order valence-electron chi connectivity index (χ0n) is 18.1. The highest BCUT2D eigenvalue weighted by Crippen LogP contribution is 2.30. The smallest absolute Gasteiger partial charge is 0.192 e. The number of aromatic nitrogens is 1. The van der Waals surface area contributed by atoms with Crippen LogP contribution in [0.15, 0.2) is 33.8 Å². The van der Waals surface area contributed by atoms with E-state index in [0.717, 1.165) is 11.3 Å². The van der Waals surface area contributed by atoms with Crippen molar-refractivity contribution in [3.8, 4) is 5.75 Å². The molecule has 2 aromatic rings. The van der Waals surface area contributed by atoms with Gasteiger partial charge in [-0.1, -0.05) is 25.1 Å². The third kappa shape index (κ3) is 7.14. The molecule has 2 N–H and O–H groups in total. The highest BCUT2D eigenvalue weighted by Gasteiger charge is 2.22. The van der Waals surface area contributed by atoms with E-state index in [9.17, 15) is 4.39 Å². The molecule has 1 aromatic carbocycles. The molecule has 1 aliphatic rings. The largest absolute Gasteiger partial charge is 0.490 e. The number of nitrogens with one attached hydrogen (secondary N) is 2. The molecule has 166 valence electrons. The monoisotopic (exact) mass is 530 g/mol. The average molecular weight is 530 g/mol. The van der Waals surface area contributed by atoms with Crippen LogP contribution >= 0.6 is 24.0 Å². The zero-order valence-corrected chi connectivity index (χ0v) is 20.4. The van der Waals surface area contributed by atoms with Gasteiger partial charge in [0.15, 0.2) is 23.3 Å². The fourth-order valence-corrected chi connectivity index (χ4v) is 2.84. The summed E-state index contributed by atoms with van der Waals surface area (Å²) in [7, 11) is 0. The predicted octanol–water partition coefficient (Wildman–Crippen LogP) is 5.16. The van der Waals surface area contributed by atoms with E-state index < -0.39 is 0 Å². The van der Waals surface area contributed by atoms with E-state index in [1.54, 1.807) is 6.07 Å².